The zero-order valence-electron chi connectivity index (χ0n) is 9.00. The molecule has 0 unspecified atom stereocenters. The molecule has 0 fully saturated rings. The summed E-state index contributed by atoms with van der Waals surface area (Å²) in [6, 6.07) is 3.93. The number of nitrogens with one attached hydrogen (secondary N) is 1. The second kappa shape index (κ2) is 5.03. The van der Waals surface area contributed by atoms with Crippen molar-refractivity contribution in [1.82, 2.24) is 5.32 Å². The van der Waals surface area contributed by atoms with Crippen LogP contribution in [-0.2, 0) is 6.54 Å². The van der Waals surface area contributed by atoms with Crippen molar-refractivity contribution in [2.45, 2.75) is 19.5 Å². The van der Waals surface area contributed by atoms with Gasteiger partial charge >= 0.3 is 0 Å². The Hall–Kier alpha value is -0.780. The molecule has 1 aromatic rings. The van der Waals surface area contributed by atoms with Crippen LogP contribution in [0.3, 0.4) is 0 Å². The number of hydrogen-bond acceptors (Lipinski definition) is 4. The lowest BCUT2D eigenvalue weighted by Crippen LogP contribution is -2.28. The zero-order chi connectivity index (χ0) is 11.5. The SMILES string of the molecule is C[C@@H](CO)NCc1cc2c(cc1Br)OCO2. The standard InChI is InChI=1S/C11H14BrNO3/c1-7(5-14)13-4-8-2-10-11(3-9(8)12)16-6-15-10/h2-3,7,13-14H,4-6H2,1H3/t7-/m0/s1. The largest absolute Gasteiger partial charge is 0.454 e. The van der Waals surface area contributed by atoms with Gasteiger partial charge in [-0.05, 0) is 24.6 Å². The maximum Gasteiger partial charge on any atom is 0.231 e. The number of benzene rings is 1. The third-order valence-electron chi connectivity index (χ3n) is 2.46. The van der Waals surface area contributed by atoms with E-state index in [0.717, 1.165) is 21.5 Å². The monoisotopic (exact) mass is 287 g/mol. The fourth-order valence-corrected chi connectivity index (χ4v) is 1.91. The third kappa shape index (κ3) is 2.48. The molecule has 0 spiro atoms. The lowest BCUT2D eigenvalue weighted by Gasteiger charge is -2.12. The van der Waals surface area contributed by atoms with Gasteiger partial charge in [0.2, 0.25) is 6.79 Å². The second-order valence-corrected chi connectivity index (χ2v) is 4.62. The summed E-state index contributed by atoms with van der Waals surface area (Å²) in [5.74, 6) is 1.54. The lowest BCUT2D eigenvalue weighted by molar-refractivity contribution is 0.174. The van der Waals surface area contributed by atoms with Gasteiger partial charge in [-0.3, -0.25) is 0 Å². The van der Waals surface area contributed by atoms with Gasteiger partial charge in [-0.2, -0.15) is 0 Å². The molecule has 1 heterocycles. The van der Waals surface area contributed by atoms with Gasteiger partial charge in [0, 0.05) is 17.1 Å². The molecule has 1 aliphatic rings. The first kappa shape index (κ1) is 11.7. The third-order valence-corrected chi connectivity index (χ3v) is 3.19. The minimum atomic E-state index is 0.0809. The van der Waals surface area contributed by atoms with Crippen molar-refractivity contribution < 1.29 is 14.6 Å². The topological polar surface area (TPSA) is 50.7 Å². The maximum absolute atomic E-state index is 8.92. The molecule has 2 N–H and O–H groups in total. The number of halogens is 1. The van der Waals surface area contributed by atoms with E-state index in [-0.39, 0.29) is 19.4 Å². The molecule has 1 aliphatic heterocycles. The van der Waals surface area contributed by atoms with E-state index >= 15 is 0 Å². The highest BCUT2D eigenvalue weighted by molar-refractivity contribution is 9.10. The van der Waals surface area contributed by atoms with Crippen LogP contribution in [0.25, 0.3) is 0 Å². The normalized spacial score (nSPS) is 15.2. The van der Waals surface area contributed by atoms with E-state index in [1.54, 1.807) is 0 Å². The molecule has 1 aromatic carbocycles. The predicted molar refractivity (Wildman–Crippen MR) is 63.7 cm³/mol. The molecular formula is C11H14BrNO3. The quantitative estimate of drug-likeness (QED) is 0.884. The predicted octanol–water partition coefficient (Wildman–Crippen LogP) is 1.65. The van der Waals surface area contributed by atoms with Crippen molar-refractivity contribution in [2.75, 3.05) is 13.4 Å². The van der Waals surface area contributed by atoms with E-state index < -0.39 is 0 Å². The molecule has 0 amide bonds. The number of aliphatic hydroxyl groups excluding tert-OH is 1. The van der Waals surface area contributed by atoms with Gasteiger partial charge in [-0.25, -0.2) is 0 Å². The van der Waals surface area contributed by atoms with Crippen LogP contribution in [0.4, 0.5) is 0 Å². The summed E-state index contributed by atoms with van der Waals surface area (Å²) in [5, 5.41) is 12.1. The molecule has 4 nitrogen and oxygen atoms in total. The molecule has 16 heavy (non-hydrogen) atoms. The Bertz CT molecular complexity index is 384. The van der Waals surface area contributed by atoms with E-state index in [1.165, 1.54) is 0 Å². The molecule has 0 aromatic heterocycles. The molecular weight excluding hydrogens is 274 g/mol. The molecule has 0 saturated heterocycles. The van der Waals surface area contributed by atoms with E-state index in [1.807, 2.05) is 19.1 Å². The smallest absolute Gasteiger partial charge is 0.231 e. The number of fused-ring (bicyclic) bond motifs is 1. The summed E-state index contributed by atoms with van der Waals surface area (Å²) < 4.78 is 11.6. The van der Waals surface area contributed by atoms with Gasteiger partial charge in [0.1, 0.15) is 0 Å². The zero-order valence-corrected chi connectivity index (χ0v) is 10.6. The number of rotatable bonds is 4. The number of hydrogen-bond donors (Lipinski definition) is 2. The molecule has 5 heteroatoms. The highest BCUT2D eigenvalue weighted by Gasteiger charge is 2.16. The van der Waals surface area contributed by atoms with Crippen molar-refractivity contribution in [3.05, 3.63) is 22.2 Å². The minimum Gasteiger partial charge on any atom is -0.454 e. The van der Waals surface area contributed by atoms with Crippen LogP contribution in [0.2, 0.25) is 0 Å². The van der Waals surface area contributed by atoms with E-state index in [9.17, 15) is 0 Å². The second-order valence-electron chi connectivity index (χ2n) is 3.76. The Kier molecular flexibility index (Phi) is 3.68. The van der Waals surface area contributed by atoms with Gasteiger partial charge in [0.15, 0.2) is 11.5 Å². The first-order valence-corrected chi connectivity index (χ1v) is 5.92. The summed E-state index contributed by atoms with van der Waals surface area (Å²) >= 11 is 3.48. The summed E-state index contributed by atoms with van der Waals surface area (Å²) in [5.41, 5.74) is 1.09. The Morgan fingerprint density at radius 2 is 2.12 bits per heavy atom. The summed E-state index contributed by atoms with van der Waals surface area (Å²) in [7, 11) is 0. The van der Waals surface area contributed by atoms with Crippen LogP contribution in [0, 0.1) is 0 Å². The van der Waals surface area contributed by atoms with Crippen molar-refractivity contribution >= 4 is 15.9 Å². The van der Waals surface area contributed by atoms with Gasteiger partial charge in [-0.15, -0.1) is 0 Å². The van der Waals surface area contributed by atoms with Crippen LogP contribution < -0.4 is 14.8 Å². The van der Waals surface area contributed by atoms with Crippen LogP contribution in [-0.4, -0.2) is 24.5 Å². The Labute approximate surface area is 103 Å². The van der Waals surface area contributed by atoms with Gasteiger partial charge in [0.05, 0.1) is 6.61 Å². The molecule has 0 saturated carbocycles. The molecule has 0 bridgehead atoms. The first-order valence-electron chi connectivity index (χ1n) is 5.13. The van der Waals surface area contributed by atoms with Crippen molar-refractivity contribution in [3.63, 3.8) is 0 Å². The van der Waals surface area contributed by atoms with Crippen molar-refractivity contribution in [1.29, 1.82) is 0 Å². The highest BCUT2D eigenvalue weighted by Crippen LogP contribution is 2.36. The molecule has 1 atom stereocenters. The summed E-state index contributed by atoms with van der Waals surface area (Å²) in [4.78, 5) is 0. The Morgan fingerprint density at radius 1 is 1.44 bits per heavy atom. The molecule has 0 radical (unpaired) electrons. The fraction of sp³-hybridized carbons (Fsp3) is 0.455. The number of ether oxygens (including phenoxy) is 2. The fourth-order valence-electron chi connectivity index (χ4n) is 1.44. The van der Waals surface area contributed by atoms with Crippen LogP contribution >= 0.6 is 15.9 Å². The van der Waals surface area contributed by atoms with Crippen LogP contribution in [0.5, 0.6) is 11.5 Å². The van der Waals surface area contributed by atoms with Crippen molar-refractivity contribution in [3.8, 4) is 11.5 Å². The summed E-state index contributed by atoms with van der Waals surface area (Å²) in [6.07, 6.45) is 0. The molecule has 0 aliphatic carbocycles. The number of aliphatic hydroxyl groups is 1. The van der Waals surface area contributed by atoms with E-state index in [0.29, 0.717) is 6.54 Å². The Balaban J connectivity index is 2.09. The van der Waals surface area contributed by atoms with Crippen LogP contribution in [0.1, 0.15) is 12.5 Å². The molecule has 88 valence electrons. The first-order chi connectivity index (χ1) is 7.70. The van der Waals surface area contributed by atoms with E-state index in [4.69, 9.17) is 14.6 Å². The van der Waals surface area contributed by atoms with Crippen LogP contribution in [0.15, 0.2) is 16.6 Å². The summed E-state index contributed by atoms with van der Waals surface area (Å²) in [6.45, 7) is 3.02. The molecule has 2 rings (SSSR count). The van der Waals surface area contributed by atoms with Gasteiger partial charge in [0.25, 0.3) is 0 Å². The van der Waals surface area contributed by atoms with Gasteiger partial charge < -0.3 is 19.9 Å². The van der Waals surface area contributed by atoms with Gasteiger partial charge in [-0.1, -0.05) is 15.9 Å². The van der Waals surface area contributed by atoms with E-state index in [2.05, 4.69) is 21.2 Å². The average molecular weight is 288 g/mol. The average Bonchev–Trinajstić information content (AvgIpc) is 2.72. The minimum absolute atomic E-state index is 0.0809. The Morgan fingerprint density at radius 3 is 2.81 bits per heavy atom. The maximum atomic E-state index is 8.92. The highest BCUT2D eigenvalue weighted by atomic mass is 79.9. The lowest BCUT2D eigenvalue weighted by atomic mass is 10.2. The van der Waals surface area contributed by atoms with Crippen molar-refractivity contribution in [2.24, 2.45) is 0 Å².